The third-order valence-electron chi connectivity index (χ3n) is 4.50. The molecule has 5 nitrogen and oxygen atoms in total. The van der Waals surface area contributed by atoms with Gasteiger partial charge in [0.25, 0.3) is 0 Å². The smallest absolute Gasteiger partial charge is 0.243 e. The first-order valence-corrected chi connectivity index (χ1v) is 10.2. The largest absolute Gasteiger partial charge is 0.468 e. The fraction of sp³-hybridized carbons (Fsp3) is 0.474. The third kappa shape index (κ3) is 4.51. The highest BCUT2D eigenvalue weighted by molar-refractivity contribution is 7.89. The Morgan fingerprint density at radius 3 is 2.28 bits per heavy atom. The molecule has 25 heavy (non-hydrogen) atoms. The predicted molar refractivity (Wildman–Crippen MR) is 97.7 cm³/mol. The van der Waals surface area contributed by atoms with Gasteiger partial charge in [0.1, 0.15) is 5.76 Å². The van der Waals surface area contributed by atoms with E-state index in [4.69, 9.17) is 4.42 Å². The maximum Gasteiger partial charge on any atom is 0.243 e. The number of hydrogen-bond donors (Lipinski definition) is 0. The summed E-state index contributed by atoms with van der Waals surface area (Å²) < 4.78 is 32.6. The van der Waals surface area contributed by atoms with Crippen molar-refractivity contribution < 1.29 is 12.8 Å². The van der Waals surface area contributed by atoms with Crippen molar-refractivity contribution >= 4 is 10.0 Å². The minimum Gasteiger partial charge on any atom is -0.468 e. The van der Waals surface area contributed by atoms with Crippen molar-refractivity contribution in [3.8, 4) is 0 Å². The molecule has 3 rings (SSSR count). The topological polar surface area (TPSA) is 53.8 Å². The van der Waals surface area contributed by atoms with E-state index in [9.17, 15) is 8.42 Å². The van der Waals surface area contributed by atoms with Crippen molar-refractivity contribution in [1.82, 2.24) is 9.21 Å². The van der Waals surface area contributed by atoms with Crippen molar-refractivity contribution in [1.29, 1.82) is 0 Å². The molecule has 1 saturated heterocycles. The number of furan rings is 1. The SMILES string of the molecule is CC(C)Cc1ccc(S(=O)(=O)N2CCN(Cc3ccco3)CC2)cc1. The minimum absolute atomic E-state index is 0.388. The van der Waals surface area contributed by atoms with Crippen molar-refractivity contribution in [3.63, 3.8) is 0 Å². The molecule has 0 radical (unpaired) electrons. The summed E-state index contributed by atoms with van der Waals surface area (Å²) in [6.07, 6.45) is 2.63. The summed E-state index contributed by atoms with van der Waals surface area (Å²) in [6, 6.07) is 11.2. The van der Waals surface area contributed by atoms with Crippen LogP contribution < -0.4 is 0 Å². The lowest BCUT2D eigenvalue weighted by Crippen LogP contribution is -2.48. The number of piperazine rings is 1. The molecular weight excluding hydrogens is 336 g/mol. The van der Waals surface area contributed by atoms with Gasteiger partial charge < -0.3 is 4.42 Å². The van der Waals surface area contributed by atoms with Gasteiger partial charge in [-0.25, -0.2) is 8.42 Å². The van der Waals surface area contributed by atoms with Gasteiger partial charge in [-0.1, -0.05) is 26.0 Å². The maximum atomic E-state index is 12.8. The van der Waals surface area contributed by atoms with E-state index < -0.39 is 10.0 Å². The van der Waals surface area contributed by atoms with E-state index in [1.807, 2.05) is 24.3 Å². The van der Waals surface area contributed by atoms with Crippen molar-refractivity contribution in [2.24, 2.45) is 5.92 Å². The van der Waals surface area contributed by atoms with Crippen LogP contribution in [0, 0.1) is 5.92 Å². The van der Waals surface area contributed by atoms with Gasteiger partial charge in [-0.15, -0.1) is 0 Å². The van der Waals surface area contributed by atoms with Crippen LogP contribution >= 0.6 is 0 Å². The lowest BCUT2D eigenvalue weighted by molar-refractivity contribution is 0.171. The van der Waals surface area contributed by atoms with Crippen LogP contribution in [-0.4, -0.2) is 43.8 Å². The fourth-order valence-corrected chi connectivity index (χ4v) is 4.59. The summed E-state index contributed by atoms with van der Waals surface area (Å²) in [5.41, 5.74) is 1.18. The Hall–Kier alpha value is -1.63. The summed E-state index contributed by atoms with van der Waals surface area (Å²) in [7, 11) is -3.41. The van der Waals surface area contributed by atoms with Crippen LogP contribution in [0.15, 0.2) is 52.0 Å². The van der Waals surface area contributed by atoms with Crippen LogP contribution in [0.4, 0.5) is 0 Å². The second kappa shape index (κ2) is 7.72. The Morgan fingerprint density at radius 2 is 1.72 bits per heavy atom. The highest BCUT2D eigenvalue weighted by atomic mass is 32.2. The molecular formula is C19H26N2O3S. The molecule has 1 fully saturated rings. The van der Waals surface area contributed by atoms with E-state index in [-0.39, 0.29) is 0 Å². The van der Waals surface area contributed by atoms with Crippen LogP contribution in [0.3, 0.4) is 0 Å². The molecule has 0 aliphatic carbocycles. The number of nitrogens with zero attached hydrogens (tertiary/aromatic N) is 2. The molecule has 1 aromatic carbocycles. The zero-order valence-electron chi connectivity index (χ0n) is 14.9. The first kappa shape index (κ1) is 18.2. The molecule has 6 heteroatoms. The van der Waals surface area contributed by atoms with Gasteiger partial charge in [-0.2, -0.15) is 4.31 Å². The summed E-state index contributed by atoms with van der Waals surface area (Å²) in [6.45, 7) is 7.49. The zero-order chi connectivity index (χ0) is 17.9. The quantitative estimate of drug-likeness (QED) is 0.793. The second-order valence-electron chi connectivity index (χ2n) is 7.00. The van der Waals surface area contributed by atoms with Gasteiger partial charge in [0.2, 0.25) is 10.0 Å². The van der Waals surface area contributed by atoms with Gasteiger partial charge in [0, 0.05) is 26.2 Å². The van der Waals surface area contributed by atoms with E-state index in [2.05, 4.69) is 18.7 Å². The number of hydrogen-bond acceptors (Lipinski definition) is 4. The van der Waals surface area contributed by atoms with Gasteiger partial charge in [0.15, 0.2) is 0 Å². The van der Waals surface area contributed by atoms with Crippen molar-refractivity contribution in [3.05, 3.63) is 54.0 Å². The lowest BCUT2D eigenvalue weighted by Gasteiger charge is -2.33. The van der Waals surface area contributed by atoms with Crippen LogP contribution in [0.2, 0.25) is 0 Å². The second-order valence-corrected chi connectivity index (χ2v) is 8.94. The van der Waals surface area contributed by atoms with E-state index >= 15 is 0 Å². The predicted octanol–water partition coefficient (Wildman–Crippen LogP) is 2.98. The fourth-order valence-electron chi connectivity index (χ4n) is 3.17. The Bertz CT molecular complexity index is 760. The first-order chi connectivity index (χ1) is 11.9. The first-order valence-electron chi connectivity index (χ1n) is 8.79. The third-order valence-corrected chi connectivity index (χ3v) is 6.41. The van der Waals surface area contributed by atoms with Gasteiger partial charge in [0.05, 0.1) is 17.7 Å². The average molecular weight is 362 g/mol. The highest BCUT2D eigenvalue weighted by Gasteiger charge is 2.28. The molecule has 1 aromatic heterocycles. The number of sulfonamides is 1. The standard InChI is InChI=1S/C19H26N2O3S/c1-16(2)14-17-5-7-19(8-6-17)25(22,23)21-11-9-20(10-12-21)15-18-4-3-13-24-18/h3-8,13,16H,9-12,14-15H2,1-2H3. The summed E-state index contributed by atoms with van der Waals surface area (Å²) >= 11 is 0. The van der Waals surface area contributed by atoms with Crippen LogP contribution in [0.1, 0.15) is 25.2 Å². The number of benzene rings is 1. The van der Waals surface area contributed by atoms with Crippen LogP contribution in [0.5, 0.6) is 0 Å². The lowest BCUT2D eigenvalue weighted by atomic mass is 10.0. The highest BCUT2D eigenvalue weighted by Crippen LogP contribution is 2.20. The summed E-state index contributed by atoms with van der Waals surface area (Å²) in [4.78, 5) is 2.61. The van der Waals surface area contributed by atoms with Crippen molar-refractivity contribution in [2.45, 2.75) is 31.7 Å². The molecule has 0 N–H and O–H groups in total. The summed E-state index contributed by atoms with van der Waals surface area (Å²) in [5.74, 6) is 1.47. The molecule has 1 aliphatic rings. The van der Waals surface area contributed by atoms with E-state index in [1.165, 1.54) is 5.56 Å². The van der Waals surface area contributed by atoms with E-state index in [0.717, 1.165) is 18.7 Å². The number of rotatable bonds is 6. The van der Waals surface area contributed by atoms with E-state index in [0.29, 0.717) is 37.0 Å². The Kier molecular flexibility index (Phi) is 5.61. The molecule has 0 bridgehead atoms. The maximum absolute atomic E-state index is 12.8. The Labute approximate surface area is 150 Å². The Balaban J connectivity index is 1.61. The molecule has 0 unspecified atom stereocenters. The molecule has 0 atom stereocenters. The molecule has 0 amide bonds. The normalized spacial score (nSPS) is 17.2. The molecule has 136 valence electrons. The van der Waals surface area contributed by atoms with Gasteiger partial charge >= 0.3 is 0 Å². The van der Waals surface area contributed by atoms with Gasteiger partial charge in [-0.05, 0) is 42.2 Å². The zero-order valence-corrected chi connectivity index (χ0v) is 15.7. The Morgan fingerprint density at radius 1 is 1.04 bits per heavy atom. The molecule has 0 saturated carbocycles. The van der Waals surface area contributed by atoms with Crippen LogP contribution in [-0.2, 0) is 23.0 Å². The molecule has 2 aromatic rings. The van der Waals surface area contributed by atoms with Crippen LogP contribution in [0.25, 0.3) is 0 Å². The minimum atomic E-state index is -3.41. The monoisotopic (exact) mass is 362 g/mol. The van der Waals surface area contributed by atoms with E-state index in [1.54, 1.807) is 22.7 Å². The molecule has 0 spiro atoms. The van der Waals surface area contributed by atoms with Gasteiger partial charge in [-0.3, -0.25) is 4.90 Å². The average Bonchev–Trinajstić information content (AvgIpc) is 3.08. The van der Waals surface area contributed by atoms with Crippen molar-refractivity contribution in [2.75, 3.05) is 26.2 Å². The molecule has 1 aliphatic heterocycles. The molecule has 2 heterocycles. The summed E-state index contributed by atoms with van der Waals surface area (Å²) in [5, 5.41) is 0.